The number of fused-ring (bicyclic) bond motifs is 1. The van der Waals surface area contributed by atoms with Gasteiger partial charge in [0.2, 0.25) is 0 Å². The third-order valence-electron chi connectivity index (χ3n) is 3.48. The molecule has 20 heavy (non-hydrogen) atoms. The van der Waals surface area contributed by atoms with Gasteiger partial charge in [-0.3, -0.25) is 4.79 Å². The Labute approximate surface area is 127 Å². The van der Waals surface area contributed by atoms with Crippen LogP contribution in [0.5, 0.6) is 0 Å². The Bertz CT molecular complexity index is 628. The standard InChI is InChI=1S/C15H16N2OS2/c16-14(19)7-8-17(11-5-6-11)15(18)13-9-10-3-1-2-4-12(10)20-13/h1-4,9,11H,5-8H2,(H2,16,19). The molecule has 0 unspecified atom stereocenters. The second-order valence-corrected chi connectivity index (χ2v) is 6.70. The fourth-order valence-electron chi connectivity index (χ4n) is 2.30. The summed E-state index contributed by atoms with van der Waals surface area (Å²) in [6, 6.07) is 10.4. The first-order valence-corrected chi connectivity index (χ1v) is 7.95. The van der Waals surface area contributed by atoms with Crippen molar-refractivity contribution in [1.82, 2.24) is 4.90 Å². The monoisotopic (exact) mass is 304 g/mol. The molecule has 1 amide bonds. The number of carbonyl (C=O) groups excluding carboxylic acids is 1. The summed E-state index contributed by atoms with van der Waals surface area (Å²) in [5.74, 6) is 0.116. The number of rotatable bonds is 5. The van der Waals surface area contributed by atoms with Crippen molar-refractivity contribution in [3.63, 3.8) is 0 Å². The van der Waals surface area contributed by atoms with Crippen LogP contribution in [0, 0.1) is 0 Å². The third-order valence-corrected chi connectivity index (χ3v) is 4.79. The first-order chi connectivity index (χ1) is 9.65. The lowest BCUT2D eigenvalue weighted by Gasteiger charge is -2.21. The van der Waals surface area contributed by atoms with Gasteiger partial charge in [-0.25, -0.2) is 0 Å². The van der Waals surface area contributed by atoms with Crippen LogP contribution in [-0.2, 0) is 0 Å². The van der Waals surface area contributed by atoms with Crippen molar-refractivity contribution in [2.75, 3.05) is 6.54 Å². The van der Waals surface area contributed by atoms with E-state index in [9.17, 15) is 4.79 Å². The summed E-state index contributed by atoms with van der Waals surface area (Å²) in [6.45, 7) is 0.632. The summed E-state index contributed by atoms with van der Waals surface area (Å²) in [6.07, 6.45) is 2.78. The summed E-state index contributed by atoms with van der Waals surface area (Å²) in [5, 5.41) is 1.13. The molecule has 0 spiro atoms. The van der Waals surface area contributed by atoms with E-state index in [-0.39, 0.29) is 5.91 Å². The number of hydrogen-bond acceptors (Lipinski definition) is 3. The summed E-state index contributed by atoms with van der Waals surface area (Å²) in [7, 11) is 0. The van der Waals surface area contributed by atoms with E-state index < -0.39 is 0 Å². The van der Waals surface area contributed by atoms with Crippen LogP contribution in [0.2, 0.25) is 0 Å². The summed E-state index contributed by atoms with van der Waals surface area (Å²) in [5.41, 5.74) is 5.56. The Morgan fingerprint density at radius 2 is 2.15 bits per heavy atom. The van der Waals surface area contributed by atoms with Gasteiger partial charge < -0.3 is 10.6 Å². The molecule has 1 saturated carbocycles. The Morgan fingerprint density at radius 3 is 2.80 bits per heavy atom. The molecule has 1 heterocycles. The maximum absolute atomic E-state index is 12.7. The first kappa shape index (κ1) is 13.5. The average molecular weight is 304 g/mol. The van der Waals surface area contributed by atoms with Crippen molar-refractivity contribution in [2.45, 2.75) is 25.3 Å². The molecule has 1 aliphatic carbocycles. The predicted molar refractivity (Wildman–Crippen MR) is 87.3 cm³/mol. The number of benzene rings is 1. The van der Waals surface area contributed by atoms with Crippen molar-refractivity contribution in [2.24, 2.45) is 5.73 Å². The Hall–Kier alpha value is -1.46. The highest BCUT2D eigenvalue weighted by atomic mass is 32.1. The maximum atomic E-state index is 12.7. The summed E-state index contributed by atoms with van der Waals surface area (Å²) >= 11 is 6.48. The van der Waals surface area contributed by atoms with Crippen molar-refractivity contribution in [3.8, 4) is 0 Å². The third kappa shape index (κ3) is 2.83. The number of nitrogens with zero attached hydrogens (tertiary/aromatic N) is 1. The van der Waals surface area contributed by atoms with E-state index in [4.69, 9.17) is 18.0 Å². The predicted octanol–water partition coefficient (Wildman–Crippen LogP) is 3.18. The van der Waals surface area contributed by atoms with Crippen LogP contribution in [-0.4, -0.2) is 28.4 Å². The van der Waals surface area contributed by atoms with Crippen LogP contribution < -0.4 is 5.73 Å². The molecule has 2 aromatic rings. The molecule has 0 aliphatic heterocycles. The zero-order valence-electron chi connectivity index (χ0n) is 11.0. The van der Waals surface area contributed by atoms with E-state index in [1.165, 1.54) is 0 Å². The van der Waals surface area contributed by atoms with E-state index in [1.54, 1.807) is 11.3 Å². The minimum Gasteiger partial charge on any atom is -0.393 e. The average Bonchev–Trinajstić information content (AvgIpc) is 3.16. The Kier molecular flexibility index (Phi) is 3.72. The van der Waals surface area contributed by atoms with Crippen LogP contribution in [0.1, 0.15) is 28.9 Å². The lowest BCUT2D eigenvalue weighted by molar-refractivity contribution is 0.0753. The van der Waals surface area contributed by atoms with Crippen LogP contribution in [0.4, 0.5) is 0 Å². The van der Waals surface area contributed by atoms with Crippen molar-refractivity contribution >= 4 is 44.5 Å². The maximum Gasteiger partial charge on any atom is 0.264 e. The number of hydrogen-bond donors (Lipinski definition) is 1. The molecule has 0 atom stereocenters. The lowest BCUT2D eigenvalue weighted by atomic mass is 10.2. The minimum absolute atomic E-state index is 0.116. The van der Waals surface area contributed by atoms with Crippen LogP contribution in [0.15, 0.2) is 30.3 Å². The highest BCUT2D eigenvalue weighted by molar-refractivity contribution is 7.80. The van der Waals surface area contributed by atoms with Crippen LogP contribution >= 0.6 is 23.6 Å². The SMILES string of the molecule is NC(=S)CCN(C(=O)c1cc2ccccc2s1)C1CC1. The number of amides is 1. The molecular formula is C15H16N2OS2. The fourth-order valence-corrected chi connectivity index (χ4v) is 3.41. The molecule has 0 radical (unpaired) electrons. The highest BCUT2D eigenvalue weighted by Gasteiger charge is 2.33. The normalized spacial score (nSPS) is 14.4. The zero-order valence-corrected chi connectivity index (χ0v) is 12.7. The number of nitrogens with two attached hydrogens (primary N) is 1. The van der Waals surface area contributed by atoms with Crippen molar-refractivity contribution < 1.29 is 4.79 Å². The van der Waals surface area contributed by atoms with Gasteiger partial charge in [0.15, 0.2) is 0 Å². The molecule has 1 aliphatic rings. The first-order valence-electron chi connectivity index (χ1n) is 6.73. The van der Waals surface area contributed by atoms with E-state index in [2.05, 4.69) is 0 Å². The largest absolute Gasteiger partial charge is 0.393 e. The second-order valence-electron chi connectivity index (χ2n) is 5.09. The van der Waals surface area contributed by atoms with Gasteiger partial charge in [0.25, 0.3) is 5.91 Å². The molecule has 0 saturated heterocycles. The van der Waals surface area contributed by atoms with Gasteiger partial charge in [-0.1, -0.05) is 30.4 Å². The fraction of sp³-hybridized carbons (Fsp3) is 0.333. The van der Waals surface area contributed by atoms with Crippen LogP contribution in [0.25, 0.3) is 10.1 Å². The van der Waals surface area contributed by atoms with Gasteiger partial charge in [0, 0.05) is 23.7 Å². The molecule has 1 aromatic carbocycles. The zero-order chi connectivity index (χ0) is 14.1. The summed E-state index contributed by atoms with van der Waals surface area (Å²) in [4.78, 5) is 15.9. The highest BCUT2D eigenvalue weighted by Crippen LogP contribution is 2.32. The topological polar surface area (TPSA) is 46.3 Å². The molecule has 3 nitrogen and oxygen atoms in total. The van der Waals surface area contributed by atoms with E-state index >= 15 is 0 Å². The van der Waals surface area contributed by atoms with Gasteiger partial charge in [-0.05, 0) is 30.4 Å². The Morgan fingerprint density at radius 1 is 1.40 bits per heavy atom. The molecule has 1 aromatic heterocycles. The molecule has 5 heteroatoms. The van der Waals surface area contributed by atoms with Gasteiger partial charge in [0.1, 0.15) is 0 Å². The van der Waals surface area contributed by atoms with E-state index in [1.807, 2.05) is 35.2 Å². The van der Waals surface area contributed by atoms with Crippen molar-refractivity contribution in [3.05, 3.63) is 35.2 Å². The van der Waals surface area contributed by atoms with Gasteiger partial charge in [0.05, 0.1) is 9.87 Å². The van der Waals surface area contributed by atoms with Crippen molar-refractivity contribution in [1.29, 1.82) is 0 Å². The molecule has 1 fully saturated rings. The molecule has 3 rings (SSSR count). The molecule has 104 valence electrons. The lowest BCUT2D eigenvalue weighted by Crippen LogP contribution is -2.35. The molecule has 2 N–H and O–H groups in total. The smallest absolute Gasteiger partial charge is 0.264 e. The quantitative estimate of drug-likeness (QED) is 0.863. The summed E-state index contributed by atoms with van der Waals surface area (Å²) < 4.78 is 1.15. The molecular weight excluding hydrogens is 288 g/mol. The number of thiophene rings is 1. The molecule has 0 bridgehead atoms. The van der Waals surface area contributed by atoms with Crippen LogP contribution in [0.3, 0.4) is 0 Å². The Balaban J connectivity index is 1.82. The van der Waals surface area contributed by atoms with E-state index in [0.29, 0.717) is 24.0 Å². The van der Waals surface area contributed by atoms with Gasteiger partial charge in [-0.2, -0.15) is 0 Å². The second kappa shape index (κ2) is 5.50. The van der Waals surface area contributed by atoms with Gasteiger partial charge >= 0.3 is 0 Å². The minimum atomic E-state index is 0.116. The van der Waals surface area contributed by atoms with E-state index in [0.717, 1.165) is 27.8 Å². The van der Waals surface area contributed by atoms with Gasteiger partial charge in [-0.15, -0.1) is 11.3 Å². The number of carbonyl (C=O) groups is 1. The number of thiocarbonyl (C=S) groups is 1.